The Morgan fingerprint density at radius 2 is 2.26 bits per heavy atom. The van der Waals surface area contributed by atoms with Crippen LogP contribution in [0.3, 0.4) is 0 Å². The van der Waals surface area contributed by atoms with Crippen LogP contribution in [-0.4, -0.2) is 58.6 Å². The van der Waals surface area contributed by atoms with Gasteiger partial charge >= 0.3 is 6.03 Å². The van der Waals surface area contributed by atoms with Crippen LogP contribution >= 0.6 is 23.6 Å². The average molecular weight is 295 g/mol. The first-order chi connectivity index (χ1) is 9.09. The SMILES string of the molecule is CN1C(=O)N(C)C2C1NC(=S)N2/N=C/c1cccs1. The molecule has 0 aliphatic carbocycles. The summed E-state index contributed by atoms with van der Waals surface area (Å²) in [7, 11) is 3.51. The maximum Gasteiger partial charge on any atom is 0.323 e. The molecule has 2 atom stereocenters. The van der Waals surface area contributed by atoms with E-state index in [4.69, 9.17) is 12.2 Å². The summed E-state index contributed by atoms with van der Waals surface area (Å²) in [5, 5.41) is 11.7. The van der Waals surface area contributed by atoms with Gasteiger partial charge in [0, 0.05) is 19.0 Å². The van der Waals surface area contributed by atoms with Gasteiger partial charge in [-0.2, -0.15) is 5.10 Å². The zero-order chi connectivity index (χ0) is 13.6. The van der Waals surface area contributed by atoms with Gasteiger partial charge in [-0.05, 0) is 23.7 Å². The number of likely N-dealkylation sites (N-methyl/N-ethyl adjacent to an activating group) is 2. The van der Waals surface area contributed by atoms with Crippen LogP contribution < -0.4 is 5.32 Å². The van der Waals surface area contributed by atoms with Crippen LogP contribution in [0.25, 0.3) is 0 Å². The number of amides is 2. The fourth-order valence-corrected chi connectivity index (χ4v) is 3.13. The van der Waals surface area contributed by atoms with E-state index < -0.39 is 0 Å². The Labute approximate surface area is 120 Å². The first-order valence-electron chi connectivity index (χ1n) is 5.76. The minimum Gasteiger partial charge on any atom is -0.337 e. The summed E-state index contributed by atoms with van der Waals surface area (Å²) in [6.07, 6.45) is 1.42. The zero-order valence-electron chi connectivity index (χ0n) is 10.5. The van der Waals surface area contributed by atoms with E-state index in [2.05, 4.69) is 10.4 Å². The van der Waals surface area contributed by atoms with Gasteiger partial charge in [-0.15, -0.1) is 11.3 Å². The van der Waals surface area contributed by atoms with E-state index >= 15 is 0 Å². The number of urea groups is 1. The van der Waals surface area contributed by atoms with Gasteiger partial charge in [0.2, 0.25) is 0 Å². The minimum atomic E-state index is -0.193. The summed E-state index contributed by atoms with van der Waals surface area (Å²) < 4.78 is 0. The molecule has 8 heteroatoms. The summed E-state index contributed by atoms with van der Waals surface area (Å²) >= 11 is 6.88. The molecule has 2 amide bonds. The van der Waals surface area contributed by atoms with Crippen LogP contribution in [-0.2, 0) is 0 Å². The number of thiophene rings is 1. The summed E-state index contributed by atoms with van der Waals surface area (Å²) in [5.41, 5.74) is 0. The third kappa shape index (κ3) is 1.87. The second-order valence-corrected chi connectivity index (χ2v) is 5.78. The summed E-state index contributed by atoms with van der Waals surface area (Å²) in [6, 6.07) is 3.91. The van der Waals surface area contributed by atoms with Crippen molar-refractivity contribution >= 4 is 40.9 Å². The Kier molecular flexibility index (Phi) is 2.90. The molecule has 19 heavy (non-hydrogen) atoms. The summed E-state index contributed by atoms with van der Waals surface area (Å²) in [6.45, 7) is 0. The quantitative estimate of drug-likeness (QED) is 0.651. The van der Waals surface area contributed by atoms with Crippen molar-refractivity contribution in [3.63, 3.8) is 0 Å². The Hall–Kier alpha value is -1.67. The third-order valence-electron chi connectivity index (χ3n) is 3.28. The monoisotopic (exact) mass is 295 g/mol. The highest BCUT2D eigenvalue weighted by atomic mass is 32.1. The predicted molar refractivity (Wildman–Crippen MR) is 78.0 cm³/mol. The van der Waals surface area contributed by atoms with Crippen molar-refractivity contribution in [2.24, 2.45) is 5.10 Å². The number of nitrogens with one attached hydrogen (secondary N) is 1. The van der Waals surface area contributed by atoms with Crippen LogP contribution in [0, 0.1) is 0 Å². The molecular weight excluding hydrogens is 282 g/mol. The van der Waals surface area contributed by atoms with Crippen molar-refractivity contribution in [3.05, 3.63) is 22.4 Å². The maximum atomic E-state index is 11.9. The Balaban J connectivity index is 1.85. The highest BCUT2D eigenvalue weighted by Gasteiger charge is 2.51. The van der Waals surface area contributed by atoms with Crippen molar-refractivity contribution in [3.8, 4) is 0 Å². The summed E-state index contributed by atoms with van der Waals surface area (Å²) in [5.74, 6) is 0. The fraction of sp³-hybridized carbons (Fsp3) is 0.364. The lowest BCUT2D eigenvalue weighted by Gasteiger charge is -2.23. The highest BCUT2D eigenvalue weighted by Crippen LogP contribution is 2.26. The number of carbonyl (C=O) groups is 1. The molecule has 1 N–H and O–H groups in total. The average Bonchev–Trinajstić information content (AvgIpc) is 3.05. The van der Waals surface area contributed by atoms with Crippen LogP contribution in [0.2, 0.25) is 0 Å². The third-order valence-corrected chi connectivity index (χ3v) is 4.39. The van der Waals surface area contributed by atoms with Crippen molar-refractivity contribution in [1.29, 1.82) is 0 Å². The minimum absolute atomic E-state index is 0.0404. The summed E-state index contributed by atoms with van der Waals surface area (Å²) in [4.78, 5) is 16.2. The second-order valence-electron chi connectivity index (χ2n) is 4.42. The van der Waals surface area contributed by atoms with Crippen molar-refractivity contribution in [1.82, 2.24) is 20.1 Å². The molecule has 3 heterocycles. The van der Waals surface area contributed by atoms with Crippen molar-refractivity contribution in [2.45, 2.75) is 12.3 Å². The number of rotatable bonds is 2. The first-order valence-corrected chi connectivity index (χ1v) is 7.05. The lowest BCUT2D eigenvalue weighted by molar-refractivity contribution is 0.174. The smallest absolute Gasteiger partial charge is 0.323 e. The molecule has 0 spiro atoms. The molecule has 2 fully saturated rings. The molecule has 0 radical (unpaired) electrons. The molecular formula is C11H13N5OS2. The molecule has 6 nitrogen and oxygen atoms in total. The van der Waals surface area contributed by atoms with E-state index in [1.807, 2.05) is 17.5 Å². The lowest BCUT2D eigenvalue weighted by Crippen LogP contribution is -2.41. The van der Waals surface area contributed by atoms with Crippen LogP contribution in [0.15, 0.2) is 22.6 Å². The zero-order valence-corrected chi connectivity index (χ0v) is 12.1. The van der Waals surface area contributed by atoms with Gasteiger partial charge < -0.3 is 15.1 Å². The molecule has 0 bridgehead atoms. The van der Waals surface area contributed by atoms with Crippen LogP contribution in [0.4, 0.5) is 4.79 Å². The molecule has 0 aromatic carbocycles. The molecule has 1 aromatic rings. The van der Waals surface area contributed by atoms with Gasteiger partial charge in [-0.3, -0.25) is 0 Å². The Bertz CT molecular complexity index is 543. The van der Waals surface area contributed by atoms with Gasteiger partial charge in [0.1, 0.15) is 6.17 Å². The predicted octanol–water partition coefficient (Wildman–Crippen LogP) is 0.921. The highest BCUT2D eigenvalue weighted by molar-refractivity contribution is 7.80. The molecule has 100 valence electrons. The van der Waals surface area contributed by atoms with E-state index in [0.29, 0.717) is 5.11 Å². The number of carbonyl (C=O) groups excluding carboxylic acids is 1. The van der Waals surface area contributed by atoms with Gasteiger partial charge in [-0.25, -0.2) is 9.80 Å². The van der Waals surface area contributed by atoms with E-state index in [1.54, 1.807) is 46.5 Å². The van der Waals surface area contributed by atoms with E-state index in [9.17, 15) is 4.79 Å². The number of hydrogen-bond donors (Lipinski definition) is 1. The normalized spacial score (nSPS) is 26.5. The van der Waals surface area contributed by atoms with Gasteiger partial charge in [0.25, 0.3) is 0 Å². The topological polar surface area (TPSA) is 51.2 Å². The number of fused-ring (bicyclic) bond motifs is 1. The second kappa shape index (κ2) is 4.46. The molecule has 2 aliphatic rings. The van der Waals surface area contributed by atoms with E-state index in [1.165, 1.54) is 0 Å². The number of thiocarbonyl (C=S) groups is 1. The van der Waals surface area contributed by atoms with Gasteiger partial charge in [-0.1, -0.05) is 6.07 Å². The van der Waals surface area contributed by atoms with Gasteiger partial charge in [0.15, 0.2) is 11.3 Å². The Morgan fingerprint density at radius 3 is 2.95 bits per heavy atom. The standard InChI is InChI=1S/C11H13N5OS2/c1-14-8-9(15(2)11(14)17)16(10(18)13-8)12-6-7-4-3-5-19-7/h3-6,8-9H,1-2H3,(H,13,18)/b12-6+. The molecule has 0 saturated carbocycles. The largest absolute Gasteiger partial charge is 0.337 e. The molecule has 2 unspecified atom stereocenters. The van der Waals surface area contributed by atoms with Gasteiger partial charge in [0.05, 0.1) is 6.21 Å². The van der Waals surface area contributed by atoms with Crippen LogP contribution in [0.5, 0.6) is 0 Å². The maximum absolute atomic E-state index is 11.9. The molecule has 2 aliphatic heterocycles. The Morgan fingerprint density at radius 1 is 1.47 bits per heavy atom. The first kappa shape index (κ1) is 12.4. The molecule has 2 saturated heterocycles. The van der Waals surface area contributed by atoms with Crippen LogP contribution in [0.1, 0.15) is 4.88 Å². The van der Waals surface area contributed by atoms with Crippen molar-refractivity contribution in [2.75, 3.05) is 14.1 Å². The molecule has 3 rings (SSSR count). The number of nitrogens with zero attached hydrogens (tertiary/aromatic N) is 4. The fourth-order valence-electron chi connectivity index (χ4n) is 2.28. The van der Waals surface area contributed by atoms with Crippen molar-refractivity contribution < 1.29 is 4.79 Å². The van der Waals surface area contributed by atoms with E-state index in [0.717, 1.165) is 4.88 Å². The molecule has 1 aromatic heterocycles. The number of hydrazone groups is 1. The van der Waals surface area contributed by atoms with E-state index in [-0.39, 0.29) is 18.4 Å². The lowest BCUT2D eigenvalue weighted by atomic mass is 10.4. The number of hydrogen-bond acceptors (Lipinski definition) is 4.